The van der Waals surface area contributed by atoms with Crippen LogP contribution in [0.25, 0.3) is 0 Å². The molecule has 0 aromatic rings. The van der Waals surface area contributed by atoms with Gasteiger partial charge < -0.3 is 5.32 Å². The highest BCUT2D eigenvalue weighted by Crippen LogP contribution is 2.08. The number of nitrogens with one attached hydrogen (secondary N) is 1. The molecule has 0 aromatic carbocycles. The first kappa shape index (κ1) is 14.0. The first-order chi connectivity index (χ1) is 6.62. The Bertz CT molecular complexity index is 118. The van der Waals surface area contributed by atoms with Gasteiger partial charge in [0.15, 0.2) is 0 Å². The molecule has 0 aliphatic carbocycles. The van der Waals surface area contributed by atoms with Crippen LogP contribution in [0.4, 0.5) is 0 Å². The Morgan fingerprint density at radius 2 is 1.43 bits per heavy atom. The van der Waals surface area contributed by atoms with E-state index in [1.165, 1.54) is 51.5 Å². The van der Waals surface area contributed by atoms with Gasteiger partial charge in [-0.05, 0) is 33.2 Å². The van der Waals surface area contributed by atoms with Crippen molar-refractivity contribution in [2.24, 2.45) is 0 Å². The van der Waals surface area contributed by atoms with Crippen LogP contribution in [0.1, 0.15) is 72.6 Å². The van der Waals surface area contributed by atoms with Gasteiger partial charge in [0.1, 0.15) is 0 Å². The van der Waals surface area contributed by atoms with Gasteiger partial charge in [-0.2, -0.15) is 0 Å². The van der Waals surface area contributed by atoms with Crippen molar-refractivity contribution < 1.29 is 0 Å². The van der Waals surface area contributed by atoms with Gasteiger partial charge in [-0.3, -0.25) is 0 Å². The first-order valence-electron chi connectivity index (χ1n) is 6.37. The van der Waals surface area contributed by atoms with E-state index in [0.717, 1.165) is 0 Å². The molecule has 0 saturated carbocycles. The van der Waals surface area contributed by atoms with Gasteiger partial charge in [-0.1, -0.05) is 46.0 Å². The van der Waals surface area contributed by atoms with Gasteiger partial charge in [-0.15, -0.1) is 0 Å². The lowest BCUT2D eigenvalue weighted by Crippen LogP contribution is -2.38. The van der Waals surface area contributed by atoms with Crippen molar-refractivity contribution in [3.63, 3.8) is 0 Å². The highest BCUT2D eigenvalue weighted by Gasteiger charge is 2.12. The van der Waals surface area contributed by atoms with Crippen molar-refractivity contribution in [3.05, 3.63) is 0 Å². The molecule has 0 aromatic heterocycles. The zero-order valence-corrected chi connectivity index (χ0v) is 10.7. The Hall–Kier alpha value is -0.0400. The van der Waals surface area contributed by atoms with Crippen LogP contribution in [0.3, 0.4) is 0 Å². The summed E-state index contributed by atoms with van der Waals surface area (Å²) in [6, 6.07) is 0. The molecule has 0 rings (SSSR count). The Morgan fingerprint density at radius 1 is 0.857 bits per heavy atom. The predicted molar refractivity (Wildman–Crippen MR) is 65.7 cm³/mol. The fraction of sp³-hybridized carbons (Fsp3) is 1.00. The SMILES string of the molecule is CCCCCCCCNC(C)(C)CC. The van der Waals surface area contributed by atoms with Crippen LogP contribution in [-0.4, -0.2) is 12.1 Å². The Morgan fingerprint density at radius 3 is 2.00 bits per heavy atom. The maximum atomic E-state index is 3.60. The highest BCUT2D eigenvalue weighted by molar-refractivity contribution is 4.74. The average Bonchev–Trinajstić information content (AvgIpc) is 2.16. The molecular formula is C13H29N. The summed E-state index contributed by atoms with van der Waals surface area (Å²) in [6.07, 6.45) is 9.55. The summed E-state index contributed by atoms with van der Waals surface area (Å²) in [5.41, 5.74) is 0.337. The van der Waals surface area contributed by atoms with E-state index in [1.54, 1.807) is 0 Å². The van der Waals surface area contributed by atoms with Crippen molar-refractivity contribution in [3.8, 4) is 0 Å². The van der Waals surface area contributed by atoms with Crippen molar-refractivity contribution >= 4 is 0 Å². The molecule has 0 aliphatic heterocycles. The molecule has 1 N–H and O–H groups in total. The fourth-order valence-electron chi connectivity index (χ4n) is 1.46. The summed E-state index contributed by atoms with van der Waals surface area (Å²) in [5.74, 6) is 0. The molecule has 86 valence electrons. The monoisotopic (exact) mass is 199 g/mol. The quantitative estimate of drug-likeness (QED) is 0.551. The summed E-state index contributed by atoms with van der Waals surface area (Å²) >= 11 is 0. The molecule has 0 bridgehead atoms. The molecule has 1 heteroatoms. The maximum Gasteiger partial charge on any atom is 0.0122 e. The van der Waals surface area contributed by atoms with Gasteiger partial charge in [0, 0.05) is 5.54 Å². The second-order valence-corrected chi connectivity index (χ2v) is 4.93. The standard InChI is InChI=1S/C13H29N/c1-5-7-8-9-10-11-12-14-13(3,4)6-2/h14H,5-12H2,1-4H3. The van der Waals surface area contributed by atoms with Crippen LogP contribution in [0.5, 0.6) is 0 Å². The van der Waals surface area contributed by atoms with Gasteiger partial charge in [-0.25, -0.2) is 0 Å². The van der Waals surface area contributed by atoms with Crippen LogP contribution in [-0.2, 0) is 0 Å². The lowest BCUT2D eigenvalue weighted by Gasteiger charge is -2.24. The second-order valence-electron chi connectivity index (χ2n) is 4.93. The average molecular weight is 199 g/mol. The van der Waals surface area contributed by atoms with Gasteiger partial charge in [0.2, 0.25) is 0 Å². The number of hydrogen-bond acceptors (Lipinski definition) is 1. The third-order valence-corrected chi connectivity index (χ3v) is 3.02. The van der Waals surface area contributed by atoms with Crippen molar-refractivity contribution in [2.45, 2.75) is 78.2 Å². The first-order valence-corrected chi connectivity index (χ1v) is 6.37. The number of hydrogen-bond donors (Lipinski definition) is 1. The minimum absolute atomic E-state index is 0.337. The fourth-order valence-corrected chi connectivity index (χ4v) is 1.46. The molecule has 0 unspecified atom stereocenters. The lowest BCUT2D eigenvalue weighted by atomic mass is 10.0. The van der Waals surface area contributed by atoms with Crippen LogP contribution < -0.4 is 5.32 Å². The van der Waals surface area contributed by atoms with E-state index >= 15 is 0 Å². The van der Waals surface area contributed by atoms with Gasteiger partial charge in [0.25, 0.3) is 0 Å². The number of rotatable bonds is 9. The van der Waals surface area contributed by atoms with E-state index < -0.39 is 0 Å². The van der Waals surface area contributed by atoms with Gasteiger partial charge >= 0.3 is 0 Å². The van der Waals surface area contributed by atoms with Crippen LogP contribution in [0.2, 0.25) is 0 Å². The molecule has 1 nitrogen and oxygen atoms in total. The highest BCUT2D eigenvalue weighted by atomic mass is 14.9. The number of unbranched alkanes of at least 4 members (excludes halogenated alkanes) is 5. The predicted octanol–water partition coefficient (Wildman–Crippen LogP) is 4.13. The van der Waals surface area contributed by atoms with E-state index in [1.807, 2.05) is 0 Å². The van der Waals surface area contributed by atoms with Crippen molar-refractivity contribution in [1.82, 2.24) is 5.32 Å². The molecule has 0 amide bonds. The summed E-state index contributed by atoms with van der Waals surface area (Å²) in [4.78, 5) is 0. The topological polar surface area (TPSA) is 12.0 Å². The zero-order valence-electron chi connectivity index (χ0n) is 10.7. The Balaban J connectivity index is 3.13. The molecule has 0 aliphatic rings. The molecule has 0 fully saturated rings. The summed E-state index contributed by atoms with van der Waals surface area (Å²) in [7, 11) is 0. The zero-order chi connectivity index (χ0) is 10.9. The summed E-state index contributed by atoms with van der Waals surface area (Å²) in [6.45, 7) is 10.3. The van der Waals surface area contributed by atoms with Gasteiger partial charge in [0.05, 0.1) is 0 Å². The molecule has 0 atom stereocenters. The molecule has 0 heterocycles. The van der Waals surface area contributed by atoms with E-state index in [9.17, 15) is 0 Å². The minimum Gasteiger partial charge on any atom is -0.312 e. The molecule has 14 heavy (non-hydrogen) atoms. The van der Waals surface area contributed by atoms with Crippen molar-refractivity contribution in [1.29, 1.82) is 0 Å². The third-order valence-electron chi connectivity index (χ3n) is 3.02. The normalized spacial score (nSPS) is 12.0. The third kappa shape index (κ3) is 8.55. The summed E-state index contributed by atoms with van der Waals surface area (Å²) in [5, 5.41) is 3.60. The minimum atomic E-state index is 0.337. The maximum absolute atomic E-state index is 3.60. The van der Waals surface area contributed by atoms with Crippen LogP contribution in [0, 0.1) is 0 Å². The van der Waals surface area contributed by atoms with E-state index in [-0.39, 0.29) is 0 Å². The molecule has 0 saturated heterocycles. The molecule has 0 spiro atoms. The van der Waals surface area contributed by atoms with Crippen LogP contribution in [0.15, 0.2) is 0 Å². The summed E-state index contributed by atoms with van der Waals surface area (Å²) < 4.78 is 0. The van der Waals surface area contributed by atoms with Crippen LogP contribution >= 0.6 is 0 Å². The molecule has 0 radical (unpaired) electrons. The largest absolute Gasteiger partial charge is 0.312 e. The smallest absolute Gasteiger partial charge is 0.0122 e. The Labute approximate surface area is 90.7 Å². The van der Waals surface area contributed by atoms with E-state index in [2.05, 4.69) is 33.0 Å². The van der Waals surface area contributed by atoms with Crippen molar-refractivity contribution in [2.75, 3.05) is 6.54 Å². The van der Waals surface area contributed by atoms with E-state index in [4.69, 9.17) is 0 Å². The Kier molecular flexibility index (Phi) is 8.26. The second kappa shape index (κ2) is 8.28. The molecular weight excluding hydrogens is 170 g/mol. The lowest BCUT2D eigenvalue weighted by molar-refractivity contribution is 0.370. The van der Waals surface area contributed by atoms with E-state index in [0.29, 0.717) is 5.54 Å².